The number of nitrogens with one attached hydrogen (secondary N) is 2. The third-order valence-corrected chi connectivity index (χ3v) is 3.72. The van der Waals surface area contributed by atoms with Crippen molar-refractivity contribution in [3.63, 3.8) is 0 Å². The van der Waals surface area contributed by atoms with E-state index in [0.29, 0.717) is 18.3 Å². The summed E-state index contributed by atoms with van der Waals surface area (Å²) in [6.07, 6.45) is 0. The van der Waals surface area contributed by atoms with Crippen LogP contribution < -0.4 is 10.0 Å². The van der Waals surface area contributed by atoms with Crippen LogP contribution in [0.3, 0.4) is 0 Å². The maximum Gasteiger partial charge on any atom is 0.234 e. The van der Waals surface area contributed by atoms with E-state index < -0.39 is 10.0 Å². The summed E-state index contributed by atoms with van der Waals surface area (Å²) < 4.78 is 30.8. The van der Waals surface area contributed by atoms with Gasteiger partial charge in [0, 0.05) is 25.4 Å². The number of methoxy groups -OCH3 is 1. The number of ether oxygens (including phenoxy) is 1. The molecule has 0 spiro atoms. The second-order valence-corrected chi connectivity index (χ2v) is 6.49. The predicted octanol–water partition coefficient (Wildman–Crippen LogP) is 1.57. The summed E-state index contributed by atoms with van der Waals surface area (Å²) >= 11 is 0. The lowest BCUT2D eigenvalue weighted by Gasteiger charge is -2.11. The van der Waals surface area contributed by atoms with Crippen molar-refractivity contribution in [1.29, 1.82) is 0 Å². The first kappa shape index (κ1) is 15.9. The van der Waals surface area contributed by atoms with Crippen molar-refractivity contribution in [2.24, 2.45) is 0 Å². The summed E-state index contributed by atoms with van der Waals surface area (Å²) in [5.41, 5.74) is 1.62. The smallest absolute Gasteiger partial charge is 0.234 e. The van der Waals surface area contributed by atoms with Crippen molar-refractivity contribution in [2.45, 2.75) is 26.4 Å². The van der Waals surface area contributed by atoms with Crippen molar-refractivity contribution >= 4 is 15.7 Å². The van der Waals surface area contributed by atoms with Crippen molar-refractivity contribution in [2.75, 3.05) is 24.2 Å². The van der Waals surface area contributed by atoms with Gasteiger partial charge in [0.05, 0.1) is 12.4 Å². The summed E-state index contributed by atoms with van der Waals surface area (Å²) in [7, 11) is -1.86. The largest absolute Gasteiger partial charge is 0.384 e. The number of rotatable bonds is 8. The third-order valence-electron chi connectivity index (χ3n) is 2.47. The molecule has 1 aromatic rings. The fourth-order valence-electron chi connectivity index (χ4n) is 1.49. The second-order valence-electron chi connectivity index (χ2n) is 4.65. The lowest BCUT2D eigenvalue weighted by Crippen LogP contribution is -2.22. The van der Waals surface area contributed by atoms with Gasteiger partial charge in [0.2, 0.25) is 10.0 Å². The summed E-state index contributed by atoms with van der Waals surface area (Å²) in [6.45, 7) is 5.03. The fourth-order valence-corrected chi connectivity index (χ4v) is 2.46. The molecule has 0 radical (unpaired) electrons. The molecule has 0 aliphatic heterocycles. The molecule has 0 aliphatic rings. The first-order chi connectivity index (χ1) is 8.93. The molecular weight excluding hydrogens is 264 g/mol. The van der Waals surface area contributed by atoms with Crippen LogP contribution in [0.15, 0.2) is 24.3 Å². The van der Waals surface area contributed by atoms with Crippen molar-refractivity contribution < 1.29 is 13.2 Å². The van der Waals surface area contributed by atoms with Crippen LogP contribution in [0.25, 0.3) is 0 Å². The first-order valence-electron chi connectivity index (χ1n) is 6.24. The van der Waals surface area contributed by atoms with Crippen LogP contribution in [0.4, 0.5) is 5.69 Å². The van der Waals surface area contributed by atoms with Crippen LogP contribution in [0, 0.1) is 0 Å². The zero-order chi connectivity index (χ0) is 14.3. The highest BCUT2D eigenvalue weighted by atomic mass is 32.2. The Morgan fingerprint density at radius 2 is 2.05 bits per heavy atom. The first-order valence-corrected chi connectivity index (χ1v) is 7.90. The molecule has 1 rings (SSSR count). The van der Waals surface area contributed by atoms with Crippen LogP contribution in [0.5, 0.6) is 0 Å². The number of sulfonamides is 1. The van der Waals surface area contributed by atoms with Gasteiger partial charge in [-0.25, -0.2) is 8.42 Å². The van der Waals surface area contributed by atoms with Crippen molar-refractivity contribution in [3.05, 3.63) is 29.8 Å². The number of anilines is 1. The van der Waals surface area contributed by atoms with Gasteiger partial charge in [0.15, 0.2) is 0 Å². The minimum Gasteiger partial charge on any atom is -0.384 e. The van der Waals surface area contributed by atoms with Crippen LogP contribution in [-0.2, 0) is 21.3 Å². The van der Waals surface area contributed by atoms with Gasteiger partial charge >= 0.3 is 0 Å². The normalized spacial score (nSPS) is 11.8. The molecular formula is C13H22N2O3S. The molecule has 2 N–H and O–H groups in total. The van der Waals surface area contributed by atoms with E-state index >= 15 is 0 Å². The standard InChI is InChI=1S/C13H22N2O3S/c1-11(2)14-10-12-5-4-6-13(9-12)15-19(16,17)8-7-18-3/h4-6,9,11,14-15H,7-8,10H2,1-3H3. The van der Waals surface area contributed by atoms with Gasteiger partial charge in [-0.05, 0) is 17.7 Å². The number of hydrogen-bond acceptors (Lipinski definition) is 4. The zero-order valence-electron chi connectivity index (χ0n) is 11.6. The molecule has 0 amide bonds. The molecule has 0 fully saturated rings. The Morgan fingerprint density at radius 1 is 1.32 bits per heavy atom. The SMILES string of the molecule is COCCS(=O)(=O)Nc1cccc(CNC(C)C)c1. The average molecular weight is 286 g/mol. The molecule has 0 aliphatic carbocycles. The quantitative estimate of drug-likeness (QED) is 0.761. The van der Waals surface area contributed by atoms with Crippen LogP contribution in [-0.4, -0.2) is 33.9 Å². The molecule has 0 heterocycles. The average Bonchev–Trinajstić information content (AvgIpc) is 2.34. The van der Waals surface area contributed by atoms with Gasteiger partial charge in [-0.1, -0.05) is 26.0 Å². The highest BCUT2D eigenvalue weighted by Crippen LogP contribution is 2.12. The Hall–Kier alpha value is -1.11. The van der Waals surface area contributed by atoms with E-state index in [1.165, 1.54) is 7.11 Å². The van der Waals surface area contributed by atoms with Gasteiger partial charge in [-0.15, -0.1) is 0 Å². The van der Waals surface area contributed by atoms with E-state index in [0.717, 1.165) is 5.56 Å². The summed E-state index contributed by atoms with van der Waals surface area (Å²) in [5.74, 6) is -0.0437. The Kier molecular flexibility index (Phi) is 6.27. The second kappa shape index (κ2) is 7.47. The number of hydrogen-bond donors (Lipinski definition) is 2. The maximum absolute atomic E-state index is 11.7. The minimum absolute atomic E-state index is 0.0437. The fraction of sp³-hybridized carbons (Fsp3) is 0.538. The topological polar surface area (TPSA) is 67.4 Å². The van der Waals surface area contributed by atoms with E-state index in [2.05, 4.69) is 23.9 Å². The lowest BCUT2D eigenvalue weighted by atomic mass is 10.2. The predicted molar refractivity (Wildman–Crippen MR) is 77.7 cm³/mol. The van der Waals surface area contributed by atoms with E-state index in [9.17, 15) is 8.42 Å². The molecule has 1 aromatic carbocycles. The van der Waals surface area contributed by atoms with Gasteiger partial charge in [0.25, 0.3) is 0 Å². The molecule has 5 nitrogen and oxygen atoms in total. The summed E-state index contributed by atoms with van der Waals surface area (Å²) in [6, 6.07) is 7.76. The maximum atomic E-state index is 11.7. The Morgan fingerprint density at radius 3 is 2.68 bits per heavy atom. The van der Waals surface area contributed by atoms with Crippen LogP contribution in [0.1, 0.15) is 19.4 Å². The molecule has 0 saturated heterocycles. The molecule has 0 bridgehead atoms. The van der Waals surface area contributed by atoms with E-state index in [-0.39, 0.29) is 12.4 Å². The van der Waals surface area contributed by atoms with E-state index in [4.69, 9.17) is 4.74 Å². The monoisotopic (exact) mass is 286 g/mol. The Labute approximate surface area is 115 Å². The molecule has 0 saturated carbocycles. The summed E-state index contributed by atoms with van der Waals surface area (Å²) in [5, 5.41) is 3.29. The van der Waals surface area contributed by atoms with Crippen molar-refractivity contribution in [3.8, 4) is 0 Å². The van der Waals surface area contributed by atoms with Crippen molar-refractivity contribution in [1.82, 2.24) is 5.32 Å². The molecule has 0 aromatic heterocycles. The van der Waals surface area contributed by atoms with Gasteiger partial charge < -0.3 is 10.1 Å². The van der Waals surface area contributed by atoms with Gasteiger partial charge in [-0.3, -0.25) is 4.72 Å². The molecule has 108 valence electrons. The van der Waals surface area contributed by atoms with E-state index in [1.807, 2.05) is 18.2 Å². The molecule has 0 unspecified atom stereocenters. The zero-order valence-corrected chi connectivity index (χ0v) is 12.5. The van der Waals surface area contributed by atoms with E-state index in [1.54, 1.807) is 6.07 Å². The van der Waals surface area contributed by atoms with Gasteiger partial charge in [-0.2, -0.15) is 0 Å². The molecule has 0 atom stereocenters. The van der Waals surface area contributed by atoms with Crippen LogP contribution >= 0.6 is 0 Å². The van der Waals surface area contributed by atoms with Crippen LogP contribution in [0.2, 0.25) is 0 Å². The highest BCUT2D eigenvalue weighted by molar-refractivity contribution is 7.92. The summed E-state index contributed by atoms with van der Waals surface area (Å²) in [4.78, 5) is 0. The van der Waals surface area contributed by atoms with Gasteiger partial charge in [0.1, 0.15) is 0 Å². The third kappa shape index (κ3) is 6.56. The highest BCUT2D eigenvalue weighted by Gasteiger charge is 2.10. The number of benzene rings is 1. The molecule has 19 heavy (non-hydrogen) atoms. The minimum atomic E-state index is -3.34. The Bertz CT molecular complexity index is 486. The Balaban J connectivity index is 2.66. The molecule has 6 heteroatoms. The lowest BCUT2D eigenvalue weighted by molar-refractivity contribution is 0.217.